The molecule has 0 bridgehead atoms. The first kappa shape index (κ1) is 17.6. The van der Waals surface area contributed by atoms with E-state index in [-0.39, 0.29) is 0 Å². The highest BCUT2D eigenvalue weighted by Crippen LogP contribution is 2.36. The third-order valence-electron chi connectivity index (χ3n) is 4.31. The molecule has 3 aromatic carbocycles. The number of methoxy groups -OCH3 is 4. The molecular formula is C21H20O5. The van der Waals surface area contributed by atoms with E-state index in [9.17, 15) is 4.79 Å². The number of benzene rings is 3. The van der Waals surface area contributed by atoms with E-state index in [1.165, 1.54) is 14.2 Å². The van der Waals surface area contributed by atoms with Crippen LogP contribution >= 0.6 is 0 Å². The van der Waals surface area contributed by atoms with Crippen LogP contribution in [0.2, 0.25) is 0 Å². The minimum atomic E-state index is -0.441. The second kappa shape index (κ2) is 7.35. The molecule has 0 atom stereocenters. The molecule has 0 saturated carbocycles. The molecule has 0 unspecified atom stereocenters. The van der Waals surface area contributed by atoms with Crippen LogP contribution in [0.3, 0.4) is 0 Å². The van der Waals surface area contributed by atoms with Crippen LogP contribution in [0.15, 0.2) is 48.5 Å². The van der Waals surface area contributed by atoms with Crippen LogP contribution in [0.1, 0.15) is 10.4 Å². The van der Waals surface area contributed by atoms with Gasteiger partial charge in [0.1, 0.15) is 22.8 Å². The SMILES string of the molecule is COC(=O)c1cc(-c2ccc3c(OC)ccc(OC)c3c2)ccc1OC. The molecule has 3 rings (SSSR count). The van der Waals surface area contributed by atoms with E-state index < -0.39 is 5.97 Å². The topological polar surface area (TPSA) is 54.0 Å². The van der Waals surface area contributed by atoms with E-state index in [0.717, 1.165) is 33.4 Å². The lowest BCUT2D eigenvalue weighted by Gasteiger charge is -2.13. The van der Waals surface area contributed by atoms with Gasteiger partial charge < -0.3 is 18.9 Å². The second-order valence-corrected chi connectivity index (χ2v) is 5.64. The quantitative estimate of drug-likeness (QED) is 0.640. The van der Waals surface area contributed by atoms with Crippen molar-refractivity contribution in [2.45, 2.75) is 0 Å². The molecular weight excluding hydrogens is 332 g/mol. The number of fused-ring (bicyclic) bond motifs is 1. The summed E-state index contributed by atoms with van der Waals surface area (Å²) >= 11 is 0. The van der Waals surface area contributed by atoms with Gasteiger partial charge in [0.2, 0.25) is 0 Å². The van der Waals surface area contributed by atoms with Gasteiger partial charge in [-0.2, -0.15) is 0 Å². The van der Waals surface area contributed by atoms with Crippen molar-refractivity contribution in [2.24, 2.45) is 0 Å². The first-order valence-corrected chi connectivity index (χ1v) is 8.04. The van der Waals surface area contributed by atoms with Crippen molar-refractivity contribution >= 4 is 16.7 Å². The highest BCUT2D eigenvalue weighted by atomic mass is 16.5. The zero-order valence-electron chi connectivity index (χ0n) is 15.2. The minimum Gasteiger partial charge on any atom is -0.496 e. The lowest BCUT2D eigenvalue weighted by Crippen LogP contribution is -2.04. The van der Waals surface area contributed by atoms with Crippen LogP contribution in [0, 0.1) is 0 Å². The van der Waals surface area contributed by atoms with E-state index in [4.69, 9.17) is 18.9 Å². The van der Waals surface area contributed by atoms with Gasteiger partial charge in [-0.25, -0.2) is 4.79 Å². The largest absolute Gasteiger partial charge is 0.496 e. The van der Waals surface area contributed by atoms with Crippen LogP contribution in [0.5, 0.6) is 17.2 Å². The Morgan fingerprint density at radius 2 is 1.19 bits per heavy atom. The zero-order valence-corrected chi connectivity index (χ0v) is 15.2. The molecule has 5 heteroatoms. The number of esters is 1. The first-order valence-electron chi connectivity index (χ1n) is 8.04. The zero-order chi connectivity index (χ0) is 18.7. The molecule has 26 heavy (non-hydrogen) atoms. The number of ether oxygens (including phenoxy) is 4. The van der Waals surface area contributed by atoms with E-state index in [1.807, 2.05) is 36.4 Å². The third kappa shape index (κ3) is 3.04. The van der Waals surface area contributed by atoms with Crippen LogP contribution in [0.4, 0.5) is 0 Å². The first-order chi connectivity index (χ1) is 12.6. The van der Waals surface area contributed by atoms with E-state index >= 15 is 0 Å². The number of carbonyl (C=O) groups is 1. The fourth-order valence-corrected chi connectivity index (χ4v) is 2.99. The van der Waals surface area contributed by atoms with Crippen molar-refractivity contribution < 1.29 is 23.7 Å². The van der Waals surface area contributed by atoms with E-state index in [0.29, 0.717) is 11.3 Å². The Balaban J connectivity index is 2.18. The van der Waals surface area contributed by atoms with Crippen LogP contribution in [0.25, 0.3) is 21.9 Å². The molecule has 0 amide bonds. The van der Waals surface area contributed by atoms with Crippen molar-refractivity contribution in [2.75, 3.05) is 28.4 Å². The fraction of sp³-hybridized carbons (Fsp3) is 0.190. The van der Waals surface area contributed by atoms with Gasteiger partial charge in [-0.15, -0.1) is 0 Å². The summed E-state index contributed by atoms with van der Waals surface area (Å²) in [5.41, 5.74) is 2.19. The van der Waals surface area contributed by atoms with Gasteiger partial charge in [0.05, 0.1) is 28.4 Å². The lowest BCUT2D eigenvalue weighted by atomic mass is 9.98. The third-order valence-corrected chi connectivity index (χ3v) is 4.31. The predicted molar refractivity (Wildman–Crippen MR) is 100 cm³/mol. The molecule has 0 fully saturated rings. The maximum absolute atomic E-state index is 12.0. The van der Waals surface area contributed by atoms with Gasteiger partial charge in [0.25, 0.3) is 0 Å². The molecule has 0 heterocycles. The van der Waals surface area contributed by atoms with Crippen molar-refractivity contribution in [1.29, 1.82) is 0 Å². The Hall–Kier alpha value is -3.21. The summed E-state index contributed by atoms with van der Waals surface area (Å²) < 4.78 is 21.0. The smallest absolute Gasteiger partial charge is 0.341 e. The average Bonchev–Trinajstić information content (AvgIpc) is 2.71. The Morgan fingerprint density at radius 3 is 1.81 bits per heavy atom. The molecule has 134 valence electrons. The summed E-state index contributed by atoms with van der Waals surface area (Å²) in [5.74, 6) is 1.56. The number of rotatable bonds is 5. The Bertz CT molecular complexity index is 962. The maximum atomic E-state index is 12.0. The summed E-state index contributed by atoms with van der Waals surface area (Å²) in [7, 11) is 6.15. The van der Waals surface area contributed by atoms with Crippen molar-refractivity contribution in [3.8, 4) is 28.4 Å². The van der Waals surface area contributed by atoms with Crippen molar-refractivity contribution in [3.63, 3.8) is 0 Å². The monoisotopic (exact) mass is 352 g/mol. The van der Waals surface area contributed by atoms with Gasteiger partial charge in [0, 0.05) is 10.8 Å². The standard InChI is InChI=1S/C21H20O5/c1-23-18-9-10-19(24-2)16-11-13(5-7-15(16)18)14-6-8-20(25-3)17(12-14)21(22)26-4/h5-12H,1-4H3. The van der Waals surface area contributed by atoms with Gasteiger partial charge in [0.15, 0.2) is 0 Å². The molecule has 5 nitrogen and oxygen atoms in total. The lowest BCUT2D eigenvalue weighted by molar-refractivity contribution is 0.0597. The Labute approximate surface area is 152 Å². The summed E-state index contributed by atoms with van der Waals surface area (Å²) in [6, 6.07) is 15.1. The highest BCUT2D eigenvalue weighted by molar-refractivity contribution is 5.98. The highest BCUT2D eigenvalue weighted by Gasteiger charge is 2.15. The predicted octanol–water partition coefficient (Wildman–Crippen LogP) is 4.32. The van der Waals surface area contributed by atoms with Crippen molar-refractivity contribution in [3.05, 3.63) is 54.1 Å². The van der Waals surface area contributed by atoms with Crippen LogP contribution in [-0.2, 0) is 4.74 Å². The molecule has 0 radical (unpaired) electrons. The second-order valence-electron chi connectivity index (χ2n) is 5.64. The molecule has 0 aliphatic carbocycles. The molecule has 0 aliphatic heterocycles. The van der Waals surface area contributed by atoms with Crippen LogP contribution < -0.4 is 14.2 Å². The minimum absolute atomic E-state index is 0.380. The summed E-state index contributed by atoms with van der Waals surface area (Å²) in [6.07, 6.45) is 0. The van der Waals surface area contributed by atoms with Crippen molar-refractivity contribution in [1.82, 2.24) is 0 Å². The van der Waals surface area contributed by atoms with E-state index in [2.05, 4.69) is 0 Å². The fourth-order valence-electron chi connectivity index (χ4n) is 2.99. The van der Waals surface area contributed by atoms with Gasteiger partial charge in [-0.05, 0) is 47.5 Å². The molecule has 0 saturated heterocycles. The molecule has 0 aliphatic rings. The van der Waals surface area contributed by atoms with E-state index in [1.54, 1.807) is 26.4 Å². The Kier molecular flexibility index (Phi) is 4.98. The number of hydrogen-bond acceptors (Lipinski definition) is 5. The molecule has 0 N–H and O–H groups in total. The molecule has 0 aromatic heterocycles. The maximum Gasteiger partial charge on any atom is 0.341 e. The number of hydrogen-bond donors (Lipinski definition) is 0. The average molecular weight is 352 g/mol. The van der Waals surface area contributed by atoms with Gasteiger partial charge >= 0.3 is 5.97 Å². The molecule has 0 spiro atoms. The summed E-state index contributed by atoms with van der Waals surface area (Å²) in [5, 5.41) is 1.89. The summed E-state index contributed by atoms with van der Waals surface area (Å²) in [6.45, 7) is 0. The normalized spacial score (nSPS) is 10.5. The van der Waals surface area contributed by atoms with Crippen LogP contribution in [-0.4, -0.2) is 34.4 Å². The number of carbonyl (C=O) groups excluding carboxylic acids is 1. The molecule has 3 aromatic rings. The van der Waals surface area contributed by atoms with Gasteiger partial charge in [-0.3, -0.25) is 0 Å². The van der Waals surface area contributed by atoms with Gasteiger partial charge in [-0.1, -0.05) is 12.1 Å². The Morgan fingerprint density at radius 1 is 0.654 bits per heavy atom. The summed E-state index contributed by atoms with van der Waals surface area (Å²) in [4.78, 5) is 12.0.